The van der Waals surface area contributed by atoms with Gasteiger partial charge < -0.3 is 4.90 Å². The second-order valence-electron chi connectivity index (χ2n) is 4.57. The molecule has 0 N–H and O–H groups in total. The molecular formula is C15H16FNOS. The molecular weight excluding hydrogens is 261 g/mol. The zero-order valence-corrected chi connectivity index (χ0v) is 12.0. The van der Waals surface area contributed by atoms with Crippen molar-refractivity contribution in [3.63, 3.8) is 0 Å². The summed E-state index contributed by atoms with van der Waals surface area (Å²) in [4.78, 5) is 15.2. The van der Waals surface area contributed by atoms with E-state index in [1.54, 1.807) is 36.3 Å². The van der Waals surface area contributed by atoms with Crippen LogP contribution in [-0.2, 0) is 0 Å². The van der Waals surface area contributed by atoms with Gasteiger partial charge in [0.25, 0.3) is 5.91 Å². The van der Waals surface area contributed by atoms with Gasteiger partial charge in [0.05, 0.1) is 6.04 Å². The van der Waals surface area contributed by atoms with E-state index in [1.165, 1.54) is 12.1 Å². The number of carbonyl (C=O) groups is 1. The van der Waals surface area contributed by atoms with Crippen molar-refractivity contribution in [2.45, 2.75) is 19.9 Å². The van der Waals surface area contributed by atoms with Gasteiger partial charge in [0.1, 0.15) is 5.82 Å². The molecule has 0 aliphatic rings. The minimum Gasteiger partial charge on any atom is -0.334 e. The van der Waals surface area contributed by atoms with Gasteiger partial charge in [-0.1, -0.05) is 6.07 Å². The Morgan fingerprint density at radius 3 is 2.68 bits per heavy atom. The second-order valence-corrected chi connectivity index (χ2v) is 5.55. The van der Waals surface area contributed by atoms with E-state index in [0.717, 1.165) is 4.88 Å². The van der Waals surface area contributed by atoms with Gasteiger partial charge in [0.2, 0.25) is 0 Å². The average Bonchev–Trinajstić information content (AvgIpc) is 2.93. The van der Waals surface area contributed by atoms with Crippen LogP contribution in [0.3, 0.4) is 0 Å². The van der Waals surface area contributed by atoms with Crippen LogP contribution < -0.4 is 0 Å². The molecule has 2 rings (SSSR count). The molecule has 1 heterocycles. The first-order chi connectivity index (χ1) is 9.00. The van der Waals surface area contributed by atoms with E-state index in [2.05, 4.69) is 0 Å². The van der Waals surface area contributed by atoms with Crippen molar-refractivity contribution in [2.75, 3.05) is 7.05 Å². The highest BCUT2D eigenvalue weighted by atomic mass is 32.1. The maximum absolute atomic E-state index is 13.2. The standard InChI is InChI=1S/C15H16FNOS/c1-10-9-12(6-7-13(10)16)15(18)17(3)11(2)14-5-4-8-19-14/h4-9,11H,1-3H3. The molecule has 1 amide bonds. The number of rotatable bonds is 3. The predicted octanol–water partition coefficient (Wildman–Crippen LogP) is 4.03. The van der Waals surface area contributed by atoms with E-state index < -0.39 is 0 Å². The number of hydrogen-bond acceptors (Lipinski definition) is 2. The van der Waals surface area contributed by atoms with Crippen molar-refractivity contribution in [1.29, 1.82) is 0 Å². The Kier molecular flexibility index (Phi) is 4.00. The lowest BCUT2D eigenvalue weighted by Gasteiger charge is -2.24. The number of carbonyl (C=O) groups excluding carboxylic acids is 1. The Balaban J connectivity index is 2.21. The van der Waals surface area contributed by atoms with Crippen molar-refractivity contribution in [2.24, 2.45) is 0 Å². The SMILES string of the molecule is Cc1cc(C(=O)N(C)C(C)c2cccs2)ccc1F. The van der Waals surface area contributed by atoms with E-state index >= 15 is 0 Å². The molecule has 19 heavy (non-hydrogen) atoms. The first-order valence-corrected chi connectivity index (χ1v) is 6.95. The van der Waals surface area contributed by atoms with Crippen molar-refractivity contribution in [1.82, 2.24) is 4.90 Å². The number of halogens is 1. The number of benzene rings is 1. The molecule has 100 valence electrons. The molecule has 1 unspecified atom stereocenters. The highest BCUT2D eigenvalue weighted by Gasteiger charge is 2.19. The summed E-state index contributed by atoms with van der Waals surface area (Å²) < 4.78 is 13.2. The third-order valence-electron chi connectivity index (χ3n) is 3.26. The summed E-state index contributed by atoms with van der Waals surface area (Å²) in [5.74, 6) is -0.380. The zero-order chi connectivity index (χ0) is 14.0. The van der Waals surface area contributed by atoms with E-state index in [4.69, 9.17) is 0 Å². The van der Waals surface area contributed by atoms with Gasteiger partial charge in [-0.2, -0.15) is 0 Å². The summed E-state index contributed by atoms with van der Waals surface area (Å²) in [5.41, 5.74) is 1.01. The van der Waals surface area contributed by atoms with Gasteiger partial charge in [-0.25, -0.2) is 4.39 Å². The molecule has 0 aliphatic carbocycles. The number of hydrogen-bond donors (Lipinski definition) is 0. The van der Waals surface area contributed by atoms with Crippen LogP contribution in [0.2, 0.25) is 0 Å². The molecule has 1 atom stereocenters. The van der Waals surface area contributed by atoms with Crippen molar-refractivity contribution >= 4 is 17.2 Å². The van der Waals surface area contributed by atoms with Crippen LogP contribution in [0.25, 0.3) is 0 Å². The Labute approximate surface area is 116 Å². The summed E-state index contributed by atoms with van der Waals surface area (Å²) in [6.07, 6.45) is 0. The molecule has 0 aliphatic heterocycles. The van der Waals surface area contributed by atoms with Crippen LogP contribution in [0.4, 0.5) is 4.39 Å². The monoisotopic (exact) mass is 277 g/mol. The van der Waals surface area contributed by atoms with E-state index in [0.29, 0.717) is 11.1 Å². The topological polar surface area (TPSA) is 20.3 Å². The number of nitrogens with zero attached hydrogens (tertiary/aromatic N) is 1. The zero-order valence-electron chi connectivity index (χ0n) is 11.2. The first-order valence-electron chi connectivity index (χ1n) is 6.07. The lowest BCUT2D eigenvalue weighted by molar-refractivity contribution is 0.0745. The Morgan fingerprint density at radius 1 is 1.37 bits per heavy atom. The number of aryl methyl sites for hydroxylation is 1. The summed E-state index contributed by atoms with van der Waals surface area (Å²) in [5, 5.41) is 1.99. The fourth-order valence-corrected chi connectivity index (χ4v) is 2.70. The van der Waals surface area contributed by atoms with Crippen molar-refractivity contribution in [3.8, 4) is 0 Å². The van der Waals surface area contributed by atoms with Gasteiger partial charge in [-0.3, -0.25) is 4.79 Å². The van der Waals surface area contributed by atoms with Gasteiger partial charge in [0, 0.05) is 17.5 Å². The lowest BCUT2D eigenvalue weighted by Crippen LogP contribution is -2.29. The van der Waals surface area contributed by atoms with Crippen LogP contribution in [0.1, 0.15) is 33.8 Å². The molecule has 0 saturated carbocycles. The highest BCUT2D eigenvalue weighted by Crippen LogP contribution is 2.25. The van der Waals surface area contributed by atoms with Gasteiger partial charge in [-0.05, 0) is 49.1 Å². The van der Waals surface area contributed by atoms with Crippen LogP contribution in [0.5, 0.6) is 0 Å². The Bertz CT molecular complexity index is 580. The van der Waals surface area contributed by atoms with E-state index in [-0.39, 0.29) is 17.8 Å². The molecule has 1 aromatic carbocycles. The normalized spacial score (nSPS) is 12.2. The molecule has 0 spiro atoms. The molecule has 2 nitrogen and oxygen atoms in total. The molecule has 1 aromatic heterocycles. The third kappa shape index (κ3) is 2.84. The average molecular weight is 277 g/mol. The van der Waals surface area contributed by atoms with Crippen LogP contribution in [-0.4, -0.2) is 17.9 Å². The highest BCUT2D eigenvalue weighted by molar-refractivity contribution is 7.10. The molecule has 0 saturated heterocycles. The fraction of sp³-hybridized carbons (Fsp3) is 0.267. The van der Waals surface area contributed by atoms with Crippen LogP contribution >= 0.6 is 11.3 Å². The number of amides is 1. The summed E-state index contributed by atoms with van der Waals surface area (Å²) in [6, 6.07) is 8.45. The quantitative estimate of drug-likeness (QED) is 0.829. The molecule has 0 bridgehead atoms. The molecule has 0 radical (unpaired) electrons. The van der Waals surface area contributed by atoms with Gasteiger partial charge in [-0.15, -0.1) is 11.3 Å². The summed E-state index contributed by atoms with van der Waals surface area (Å²) in [6.45, 7) is 3.65. The minimum atomic E-state index is -0.287. The van der Waals surface area contributed by atoms with Gasteiger partial charge >= 0.3 is 0 Å². The fourth-order valence-electron chi connectivity index (χ4n) is 1.88. The predicted molar refractivity (Wildman–Crippen MR) is 76.0 cm³/mol. The first kappa shape index (κ1) is 13.7. The van der Waals surface area contributed by atoms with Crippen LogP contribution in [0.15, 0.2) is 35.7 Å². The molecule has 4 heteroatoms. The van der Waals surface area contributed by atoms with Crippen LogP contribution in [0, 0.1) is 12.7 Å². The third-order valence-corrected chi connectivity index (χ3v) is 4.30. The second kappa shape index (κ2) is 5.53. The van der Waals surface area contributed by atoms with E-state index in [9.17, 15) is 9.18 Å². The maximum Gasteiger partial charge on any atom is 0.254 e. The minimum absolute atomic E-state index is 0.0119. The van der Waals surface area contributed by atoms with Crippen molar-refractivity contribution < 1.29 is 9.18 Å². The molecule has 2 aromatic rings. The largest absolute Gasteiger partial charge is 0.334 e. The number of thiophene rings is 1. The van der Waals surface area contributed by atoms with E-state index in [1.807, 2.05) is 24.4 Å². The Morgan fingerprint density at radius 2 is 2.11 bits per heavy atom. The van der Waals surface area contributed by atoms with Gasteiger partial charge in [0.15, 0.2) is 0 Å². The smallest absolute Gasteiger partial charge is 0.254 e. The molecule has 0 fully saturated rings. The van der Waals surface area contributed by atoms with Crippen molar-refractivity contribution in [3.05, 3.63) is 57.5 Å². The summed E-state index contributed by atoms with van der Waals surface area (Å²) >= 11 is 1.62. The maximum atomic E-state index is 13.2. The lowest BCUT2D eigenvalue weighted by atomic mass is 10.1. The Hall–Kier alpha value is -1.68. The summed E-state index contributed by atoms with van der Waals surface area (Å²) in [7, 11) is 1.77.